The number of phenolic OH excluding ortho intramolecular Hbond substituents is 1. The Labute approximate surface area is 137 Å². The minimum atomic E-state index is -0.563. The molecule has 6 nitrogen and oxygen atoms in total. The molecule has 0 aliphatic carbocycles. The molecule has 128 valence electrons. The van der Waals surface area contributed by atoms with Crippen LogP contribution in [0.5, 0.6) is 17.2 Å². The third-order valence-electron chi connectivity index (χ3n) is 5.70. The summed E-state index contributed by atoms with van der Waals surface area (Å²) < 4.78 is 11.2. The lowest BCUT2D eigenvalue weighted by molar-refractivity contribution is -0.134. The topological polar surface area (TPSA) is 65.4 Å². The van der Waals surface area contributed by atoms with Crippen molar-refractivity contribution in [2.75, 3.05) is 28.3 Å². The van der Waals surface area contributed by atoms with E-state index in [1.54, 1.807) is 14.2 Å². The number of rotatable bonds is 2. The Morgan fingerprint density at radius 2 is 1.70 bits per heavy atom. The highest BCUT2D eigenvalue weighted by atomic mass is 16.5. The second-order valence-corrected chi connectivity index (χ2v) is 6.63. The molecule has 2 aliphatic rings. The molecule has 0 aromatic heterocycles. The highest BCUT2D eigenvalue weighted by Gasteiger charge is 2.49. The molecule has 2 N–H and O–H groups in total. The standard InChI is InChI=1S/C17H26N2O4/c1-8-14(20)10-7-11-17(21)18(3)9(2)13(19(11)4)12(10)16(23-6)15(8)22-5/h9,11,13,17,20-21H,7H2,1-6H3/t9-,11-,13-,17-/m0/s1. The number of hydrogen-bond acceptors (Lipinski definition) is 6. The Hall–Kier alpha value is -1.50. The van der Waals surface area contributed by atoms with Gasteiger partial charge in [-0.1, -0.05) is 0 Å². The van der Waals surface area contributed by atoms with Gasteiger partial charge in [-0.05, 0) is 34.4 Å². The van der Waals surface area contributed by atoms with Crippen LogP contribution in [-0.2, 0) is 6.42 Å². The maximum atomic E-state index is 10.7. The molecule has 0 amide bonds. The van der Waals surface area contributed by atoms with Gasteiger partial charge in [0.05, 0.1) is 26.3 Å². The van der Waals surface area contributed by atoms with Crippen molar-refractivity contribution in [1.82, 2.24) is 9.80 Å². The highest BCUT2D eigenvalue weighted by Crippen LogP contribution is 2.52. The smallest absolute Gasteiger partial charge is 0.167 e. The van der Waals surface area contributed by atoms with Crippen LogP contribution in [0.2, 0.25) is 0 Å². The summed E-state index contributed by atoms with van der Waals surface area (Å²) >= 11 is 0. The van der Waals surface area contributed by atoms with Gasteiger partial charge in [0, 0.05) is 22.7 Å². The zero-order chi connectivity index (χ0) is 17.0. The van der Waals surface area contributed by atoms with E-state index < -0.39 is 6.23 Å². The van der Waals surface area contributed by atoms with E-state index in [-0.39, 0.29) is 23.9 Å². The fourth-order valence-corrected chi connectivity index (χ4v) is 4.25. The molecule has 2 aliphatic heterocycles. The Morgan fingerprint density at radius 1 is 1.09 bits per heavy atom. The van der Waals surface area contributed by atoms with Crippen molar-refractivity contribution in [3.05, 3.63) is 16.7 Å². The van der Waals surface area contributed by atoms with Crippen molar-refractivity contribution < 1.29 is 19.7 Å². The van der Waals surface area contributed by atoms with Crippen molar-refractivity contribution in [3.8, 4) is 17.2 Å². The van der Waals surface area contributed by atoms with E-state index in [1.165, 1.54) is 0 Å². The van der Waals surface area contributed by atoms with E-state index in [0.29, 0.717) is 23.5 Å². The minimum absolute atomic E-state index is 0.0208. The maximum absolute atomic E-state index is 10.7. The molecule has 1 aromatic carbocycles. The average Bonchev–Trinajstić information content (AvgIpc) is 2.54. The van der Waals surface area contributed by atoms with Gasteiger partial charge in [-0.3, -0.25) is 9.80 Å². The molecule has 0 radical (unpaired) electrons. The van der Waals surface area contributed by atoms with Gasteiger partial charge in [0.1, 0.15) is 12.0 Å². The normalized spacial score (nSPS) is 30.9. The number of aromatic hydroxyl groups is 1. The number of aliphatic hydroxyl groups excluding tert-OH is 1. The number of hydrogen-bond donors (Lipinski definition) is 2. The predicted molar refractivity (Wildman–Crippen MR) is 87.2 cm³/mol. The summed E-state index contributed by atoms with van der Waals surface area (Å²) in [5.41, 5.74) is 2.52. The maximum Gasteiger partial charge on any atom is 0.167 e. The van der Waals surface area contributed by atoms with Crippen LogP contribution in [0, 0.1) is 6.92 Å². The first-order chi connectivity index (χ1) is 10.8. The number of likely N-dealkylation sites (N-methyl/N-ethyl adjacent to an activating group) is 2. The van der Waals surface area contributed by atoms with Crippen LogP contribution in [0.25, 0.3) is 0 Å². The molecule has 2 heterocycles. The van der Waals surface area contributed by atoms with Crippen molar-refractivity contribution in [3.63, 3.8) is 0 Å². The Bertz CT molecular complexity index is 634. The molecule has 23 heavy (non-hydrogen) atoms. The first-order valence-electron chi connectivity index (χ1n) is 7.93. The van der Waals surface area contributed by atoms with Gasteiger partial charge in [0.2, 0.25) is 0 Å². The number of fused-ring (bicyclic) bond motifs is 4. The quantitative estimate of drug-likeness (QED) is 0.855. The molecule has 1 saturated heterocycles. The van der Waals surface area contributed by atoms with E-state index in [2.05, 4.69) is 11.8 Å². The first-order valence-corrected chi connectivity index (χ1v) is 7.93. The molecule has 6 heteroatoms. The van der Waals surface area contributed by atoms with Gasteiger partial charge in [-0.15, -0.1) is 0 Å². The van der Waals surface area contributed by atoms with Crippen LogP contribution in [0.1, 0.15) is 29.7 Å². The Morgan fingerprint density at radius 3 is 2.26 bits per heavy atom. The number of piperazine rings is 1. The number of nitrogens with zero attached hydrogens (tertiary/aromatic N) is 2. The summed E-state index contributed by atoms with van der Waals surface area (Å²) in [5, 5.41) is 21.3. The molecule has 1 fully saturated rings. The van der Waals surface area contributed by atoms with E-state index in [4.69, 9.17) is 9.47 Å². The van der Waals surface area contributed by atoms with Gasteiger partial charge < -0.3 is 19.7 Å². The van der Waals surface area contributed by atoms with Crippen molar-refractivity contribution >= 4 is 0 Å². The molecule has 4 atom stereocenters. The van der Waals surface area contributed by atoms with Gasteiger partial charge in [-0.25, -0.2) is 0 Å². The Balaban J connectivity index is 2.30. The van der Waals surface area contributed by atoms with Crippen LogP contribution in [0.3, 0.4) is 0 Å². The van der Waals surface area contributed by atoms with Gasteiger partial charge in [0.15, 0.2) is 11.5 Å². The lowest BCUT2D eigenvalue weighted by atomic mass is 9.79. The third kappa shape index (κ3) is 2.05. The van der Waals surface area contributed by atoms with Gasteiger partial charge in [0.25, 0.3) is 0 Å². The Kier molecular flexibility index (Phi) is 3.94. The summed E-state index contributed by atoms with van der Waals surface area (Å²) in [6.07, 6.45) is 0.0142. The van der Waals surface area contributed by atoms with Crippen LogP contribution >= 0.6 is 0 Å². The number of methoxy groups -OCH3 is 2. The molecule has 2 bridgehead atoms. The molecular weight excluding hydrogens is 296 g/mol. The summed E-state index contributed by atoms with van der Waals surface area (Å²) in [6, 6.07) is 0.0376. The molecule has 0 unspecified atom stereocenters. The lowest BCUT2D eigenvalue weighted by Gasteiger charge is -2.54. The predicted octanol–water partition coefficient (Wildman–Crippen LogP) is 1.27. The fourth-order valence-electron chi connectivity index (χ4n) is 4.25. The molecular formula is C17H26N2O4. The largest absolute Gasteiger partial charge is 0.507 e. The average molecular weight is 322 g/mol. The van der Waals surface area contributed by atoms with Crippen LogP contribution in [0.15, 0.2) is 0 Å². The molecule has 0 spiro atoms. The fraction of sp³-hybridized carbons (Fsp3) is 0.647. The summed E-state index contributed by atoms with van der Waals surface area (Å²) in [4.78, 5) is 4.18. The third-order valence-corrected chi connectivity index (χ3v) is 5.70. The summed E-state index contributed by atoms with van der Waals surface area (Å²) in [5.74, 6) is 1.52. The van der Waals surface area contributed by atoms with Crippen molar-refractivity contribution in [2.24, 2.45) is 0 Å². The van der Waals surface area contributed by atoms with Crippen LogP contribution in [-0.4, -0.2) is 66.6 Å². The monoisotopic (exact) mass is 322 g/mol. The number of benzene rings is 1. The van der Waals surface area contributed by atoms with Crippen molar-refractivity contribution in [2.45, 2.75) is 44.6 Å². The minimum Gasteiger partial charge on any atom is -0.507 e. The second-order valence-electron chi connectivity index (χ2n) is 6.63. The lowest BCUT2D eigenvalue weighted by Crippen LogP contribution is -2.64. The highest BCUT2D eigenvalue weighted by molar-refractivity contribution is 5.64. The number of ether oxygens (including phenoxy) is 2. The summed E-state index contributed by atoms with van der Waals surface area (Å²) in [7, 11) is 7.18. The zero-order valence-corrected chi connectivity index (χ0v) is 14.6. The number of aliphatic hydroxyl groups is 1. The van der Waals surface area contributed by atoms with E-state index in [0.717, 1.165) is 11.1 Å². The number of phenols is 1. The molecule has 3 rings (SSSR count). The molecule has 1 aromatic rings. The van der Waals surface area contributed by atoms with E-state index >= 15 is 0 Å². The van der Waals surface area contributed by atoms with Crippen molar-refractivity contribution in [1.29, 1.82) is 0 Å². The second kappa shape index (κ2) is 5.54. The molecule has 0 saturated carbocycles. The van der Waals surface area contributed by atoms with E-state index in [9.17, 15) is 10.2 Å². The van der Waals surface area contributed by atoms with E-state index in [1.807, 2.05) is 25.9 Å². The van der Waals surface area contributed by atoms with Gasteiger partial charge in [-0.2, -0.15) is 0 Å². The summed E-state index contributed by atoms with van der Waals surface area (Å²) in [6.45, 7) is 3.91. The van der Waals surface area contributed by atoms with Crippen LogP contribution in [0.4, 0.5) is 0 Å². The van der Waals surface area contributed by atoms with Crippen LogP contribution < -0.4 is 9.47 Å². The zero-order valence-electron chi connectivity index (χ0n) is 14.6. The first kappa shape index (κ1) is 16.4. The SMILES string of the molecule is COc1c(C)c(O)c2c(c1OC)[C@@H]1[C@H](C)N(C)[C@@H](O)[C@H](C2)N1C. The van der Waals surface area contributed by atoms with Gasteiger partial charge >= 0.3 is 0 Å².